The molecule has 0 spiro atoms. The van der Waals surface area contributed by atoms with Gasteiger partial charge in [0, 0.05) is 75.7 Å². The molecule has 2 aliphatic heterocycles. The molecule has 2 heterocycles. The van der Waals surface area contributed by atoms with Crippen molar-refractivity contribution >= 4 is 47.2 Å². The first kappa shape index (κ1) is 26.5. The summed E-state index contributed by atoms with van der Waals surface area (Å²) in [7, 11) is 1.87. The first-order valence-electron chi connectivity index (χ1n) is 11.5. The van der Waals surface area contributed by atoms with Gasteiger partial charge in [-0.2, -0.15) is 0 Å². The molecular formula is C23H40ClIN6. The highest BCUT2D eigenvalue weighted by Crippen LogP contribution is 2.20. The van der Waals surface area contributed by atoms with Crippen molar-refractivity contribution in [3.8, 4) is 0 Å². The predicted molar refractivity (Wildman–Crippen MR) is 144 cm³/mol. The van der Waals surface area contributed by atoms with Crippen molar-refractivity contribution in [2.24, 2.45) is 4.99 Å². The van der Waals surface area contributed by atoms with Crippen LogP contribution in [-0.2, 0) is 0 Å². The average molecular weight is 563 g/mol. The first-order chi connectivity index (χ1) is 14.5. The Labute approximate surface area is 210 Å². The zero-order valence-electron chi connectivity index (χ0n) is 19.3. The highest BCUT2D eigenvalue weighted by Gasteiger charge is 2.21. The molecule has 0 aliphatic carbocycles. The summed E-state index contributed by atoms with van der Waals surface area (Å²) in [6, 6.07) is 9.36. The molecule has 2 fully saturated rings. The summed E-state index contributed by atoms with van der Waals surface area (Å²) < 4.78 is 0. The normalized spacial score (nSPS) is 19.4. The number of likely N-dealkylation sites (tertiary alicyclic amines) is 1. The Kier molecular flexibility index (Phi) is 11.7. The van der Waals surface area contributed by atoms with Crippen LogP contribution in [0.1, 0.15) is 33.1 Å². The van der Waals surface area contributed by atoms with E-state index >= 15 is 0 Å². The molecule has 2 saturated heterocycles. The van der Waals surface area contributed by atoms with Crippen molar-refractivity contribution in [1.82, 2.24) is 20.4 Å². The number of anilines is 1. The summed E-state index contributed by atoms with van der Waals surface area (Å²) in [6.07, 6.45) is 3.51. The van der Waals surface area contributed by atoms with Crippen LogP contribution in [0.15, 0.2) is 29.3 Å². The van der Waals surface area contributed by atoms with Gasteiger partial charge in [0.1, 0.15) is 0 Å². The number of halogens is 2. The van der Waals surface area contributed by atoms with E-state index < -0.39 is 0 Å². The van der Waals surface area contributed by atoms with Gasteiger partial charge in [0.2, 0.25) is 0 Å². The maximum atomic E-state index is 6.13. The molecule has 2 aliphatic rings. The van der Waals surface area contributed by atoms with Crippen LogP contribution in [0.25, 0.3) is 0 Å². The molecule has 0 amide bonds. The van der Waals surface area contributed by atoms with E-state index in [2.05, 4.69) is 56.3 Å². The third-order valence-electron chi connectivity index (χ3n) is 6.31. The molecular weight excluding hydrogens is 523 g/mol. The van der Waals surface area contributed by atoms with Gasteiger partial charge in [-0.05, 0) is 57.9 Å². The van der Waals surface area contributed by atoms with Gasteiger partial charge >= 0.3 is 0 Å². The topological polar surface area (TPSA) is 46.1 Å². The van der Waals surface area contributed by atoms with Crippen molar-refractivity contribution in [3.05, 3.63) is 29.3 Å². The second-order valence-corrected chi connectivity index (χ2v) is 9.15. The smallest absolute Gasteiger partial charge is 0.191 e. The van der Waals surface area contributed by atoms with Gasteiger partial charge in [-0.25, -0.2) is 0 Å². The van der Waals surface area contributed by atoms with Crippen LogP contribution < -0.4 is 15.5 Å². The fourth-order valence-electron chi connectivity index (χ4n) is 4.36. The Balaban J connectivity index is 0.00000341. The molecule has 0 saturated carbocycles. The van der Waals surface area contributed by atoms with Gasteiger partial charge in [-0.1, -0.05) is 17.7 Å². The van der Waals surface area contributed by atoms with Gasteiger partial charge in [0.15, 0.2) is 5.96 Å². The van der Waals surface area contributed by atoms with Gasteiger partial charge in [-0.15, -0.1) is 24.0 Å². The molecule has 1 aromatic carbocycles. The number of guanidine groups is 1. The molecule has 2 N–H and O–H groups in total. The minimum absolute atomic E-state index is 0. The fourth-order valence-corrected chi connectivity index (χ4v) is 4.54. The molecule has 1 aromatic rings. The average Bonchev–Trinajstić information content (AvgIpc) is 2.76. The fraction of sp³-hybridized carbons (Fsp3) is 0.696. The molecule has 3 rings (SSSR count). The van der Waals surface area contributed by atoms with Crippen LogP contribution in [0.3, 0.4) is 0 Å². The number of nitrogens with one attached hydrogen (secondary N) is 2. The number of aliphatic imine (C=N–C) groups is 1. The molecule has 0 atom stereocenters. The monoisotopic (exact) mass is 562 g/mol. The predicted octanol–water partition coefficient (Wildman–Crippen LogP) is 3.51. The zero-order valence-corrected chi connectivity index (χ0v) is 22.4. The van der Waals surface area contributed by atoms with E-state index in [1.165, 1.54) is 31.6 Å². The molecule has 0 radical (unpaired) electrons. The van der Waals surface area contributed by atoms with Crippen molar-refractivity contribution < 1.29 is 0 Å². The second-order valence-electron chi connectivity index (χ2n) is 8.71. The molecule has 0 aromatic heterocycles. The summed E-state index contributed by atoms with van der Waals surface area (Å²) in [4.78, 5) is 12.0. The van der Waals surface area contributed by atoms with Crippen molar-refractivity contribution in [2.45, 2.75) is 45.2 Å². The van der Waals surface area contributed by atoms with Gasteiger partial charge in [-0.3, -0.25) is 9.89 Å². The number of nitrogens with zero attached hydrogens (tertiary/aromatic N) is 4. The molecule has 31 heavy (non-hydrogen) atoms. The molecule has 0 unspecified atom stereocenters. The lowest BCUT2D eigenvalue weighted by molar-refractivity contribution is 0.167. The maximum Gasteiger partial charge on any atom is 0.191 e. The second kappa shape index (κ2) is 13.7. The standard InChI is InChI=1S/C23H39ClN6.HI/c1-19(2)29-12-8-21(9-13-29)27-23(25-3)26-10-5-11-28-14-16-30(17-15-28)22-7-4-6-20(24)18-22;/h4,6-7,18-19,21H,5,8-17H2,1-3H3,(H2,25,26,27);1H. The maximum absolute atomic E-state index is 6.13. The number of hydrogen-bond donors (Lipinski definition) is 2. The summed E-state index contributed by atoms with van der Waals surface area (Å²) in [5.41, 5.74) is 1.23. The first-order valence-corrected chi connectivity index (χ1v) is 11.9. The van der Waals surface area contributed by atoms with Crippen LogP contribution in [0.5, 0.6) is 0 Å². The Bertz CT molecular complexity index is 670. The van der Waals surface area contributed by atoms with E-state index in [9.17, 15) is 0 Å². The molecule has 8 heteroatoms. The van der Waals surface area contributed by atoms with Crippen LogP contribution in [0.2, 0.25) is 5.02 Å². The minimum atomic E-state index is 0. The molecule has 0 bridgehead atoms. The minimum Gasteiger partial charge on any atom is -0.369 e. The third kappa shape index (κ3) is 8.59. The largest absolute Gasteiger partial charge is 0.369 e. The van der Waals surface area contributed by atoms with Crippen molar-refractivity contribution in [1.29, 1.82) is 0 Å². The summed E-state index contributed by atoms with van der Waals surface area (Å²) in [5, 5.41) is 7.93. The quantitative estimate of drug-likeness (QED) is 0.231. The van der Waals surface area contributed by atoms with E-state index in [4.69, 9.17) is 11.6 Å². The Morgan fingerprint density at radius 2 is 1.84 bits per heavy atom. The summed E-state index contributed by atoms with van der Waals surface area (Å²) in [6.45, 7) is 13.3. The number of rotatable bonds is 7. The van der Waals surface area contributed by atoms with Gasteiger partial charge in [0.25, 0.3) is 0 Å². The van der Waals surface area contributed by atoms with Crippen molar-refractivity contribution in [2.75, 3.05) is 64.3 Å². The number of piperidine rings is 1. The van der Waals surface area contributed by atoms with Crippen LogP contribution in [0, 0.1) is 0 Å². The third-order valence-corrected chi connectivity index (χ3v) is 6.55. The zero-order chi connectivity index (χ0) is 21.3. The lowest BCUT2D eigenvalue weighted by atomic mass is 10.0. The SMILES string of the molecule is CN=C(NCCCN1CCN(c2cccc(Cl)c2)CC1)NC1CCN(C(C)C)CC1.I. The molecule has 6 nitrogen and oxygen atoms in total. The summed E-state index contributed by atoms with van der Waals surface area (Å²) >= 11 is 6.13. The highest BCUT2D eigenvalue weighted by molar-refractivity contribution is 14.0. The highest BCUT2D eigenvalue weighted by atomic mass is 127. The number of piperazine rings is 1. The van der Waals surface area contributed by atoms with E-state index in [1.807, 2.05) is 19.2 Å². The van der Waals surface area contributed by atoms with Crippen molar-refractivity contribution in [3.63, 3.8) is 0 Å². The van der Waals surface area contributed by atoms with Gasteiger partial charge < -0.3 is 20.4 Å². The van der Waals surface area contributed by atoms with E-state index in [0.717, 1.165) is 56.7 Å². The van der Waals surface area contributed by atoms with E-state index in [1.54, 1.807) is 0 Å². The summed E-state index contributed by atoms with van der Waals surface area (Å²) in [5.74, 6) is 0.948. The lowest BCUT2D eigenvalue weighted by Crippen LogP contribution is -2.50. The number of hydrogen-bond acceptors (Lipinski definition) is 4. The molecule has 176 valence electrons. The Hall–Kier alpha value is -0.770. The van der Waals surface area contributed by atoms with E-state index in [0.29, 0.717) is 12.1 Å². The van der Waals surface area contributed by atoms with E-state index in [-0.39, 0.29) is 24.0 Å². The van der Waals surface area contributed by atoms with Crippen LogP contribution >= 0.6 is 35.6 Å². The lowest BCUT2D eigenvalue weighted by Gasteiger charge is -2.36. The van der Waals surface area contributed by atoms with Crippen LogP contribution in [-0.4, -0.2) is 87.2 Å². The van der Waals surface area contributed by atoms with Gasteiger partial charge in [0.05, 0.1) is 0 Å². The Morgan fingerprint density at radius 1 is 1.13 bits per heavy atom. The van der Waals surface area contributed by atoms with Crippen LogP contribution in [0.4, 0.5) is 5.69 Å². The Morgan fingerprint density at radius 3 is 2.45 bits per heavy atom. The number of benzene rings is 1.